The summed E-state index contributed by atoms with van der Waals surface area (Å²) >= 11 is 1.29. The minimum atomic E-state index is -1.31. The van der Waals surface area contributed by atoms with E-state index in [1.807, 2.05) is 44.2 Å². The van der Waals surface area contributed by atoms with Crippen molar-refractivity contribution in [3.05, 3.63) is 70.8 Å². The summed E-state index contributed by atoms with van der Waals surface area (Å²) in [6, 6.07) is 12.0. The summed E-state index contributed by atoms with van der Waals surface area (Å²) in [5.74, 6) is -2.50. The molecule has 0 radical (unpaired) electrons. The number of anilines is 1. The summed E-state index contributed by atoms with van der Waals surface area (Å²) in [5, 5.41) is 25.7. The lowest BCUT2D eigenvalue weighted by atomic mass is 10.0. The van der Waals surface area contributed by atoms with Gasteiger partial charge in [0.05, 0.1) is 11.5 Å². The molecule has 1 aliphatic rings. The van der Waals surface area contributed by atoms with E-state index in [9.17, 15) is 19.0 Å². The molecule has 162 valence electrons. The Labute approximate surface area is 181 Å². The monoisotopic (exact) mass is 445 g/mol. The summed E-state index contributed by atoms with van der Waals surface area (Å²) in [7, 11) is 0. The van der Waals surface area contributed by atoms with Crippen LogP contribution in [-0.2, 0) is 11.3 Å². The second kappa shape index (κ2) is 8.66. The van der Waals surface area contributed by atoms with Gasteiger partial charge in [-0.15, -0.1) is 11.3 Å². The van der Waals surface area contributed by atoms with E-state index in [4.69, 9.17) is 9.15 Å². The molecular formula is C23H21F2NO4S. The van der Waals surface area contributed by atoms with E-state index in [-0.39, 0.29) is 5.56 Å². The van der Waals surface area contributed by atoms with E-state index in [0.717, 1.165) is 17.0 Å². The number of aromatic hydroxyl groups is 1. The molecule has 2 atom stereocenters. The van der Waals surface area contributed by atoms with Gasteiger partial charge in [0, 0.05) is 27.5 Å². The van der Waals surface area contributed by atoms with E-state index in [1.165, 1.54) is 17.4 Å². The second-order valence-corrected chi connectivity index (χ2v) is 7.58. The maximum atomic E-state index is 14.4. The third kappa shape index (κ3) is 4.01. The number of furan rings is 1. The van der Waals surface area contributed by atoms with Gasteiger partial charge < -0.3 is 24.7 Å². The van der Waals surface area contributed by atoms with Gasteiger partial charge in [0.25, 0.3) is 0 Å². The molecule has 31 heavy (non-hydrogen) atoms. The Morgan fingerprint density at radius 1 is 1.06 bits per heavy atom. The number of epoxide rings is 1. The van der Waals surface area contributed by atoms with Crippen LogP contribution >= 0.6 is 11.3 Å². The maximum Gasteiger partial charge on any atom is 0.200 e. The van der Waals surface area contributed by atoms with Crippen LogP contribution in [-0.4, -0.2) is 16.5 Å². The number of benzene rings is 2. The molecule has 1 fully saturated rings. The zero-order valence-electron chi connectivity index (χ0n) is 16.9. The van der Waals surface area contributed by atoms with E-state index >= 15 is 0 Å². The van der Waals surface area contributed by atoms with E-state index < -0.39 is 29.8 Å². The highest BCUT2D eigenvalue weighted by Crippen LogP contribution is 2.49. The lowest BCUT2D eigenvalue weighted by Crippen LogP contribution is -2.00. The number of fused-ring (bicyclic) bond motifs is 1. The number of hydrogen-bond acceptors (Lipinski definition) is 6. The van der Waals surface area contributed by atoms with Crippen molar-refractivity contribution in [3.63, 3.8) is 0 Å². The van der Waals surface area contributed by atoms with Crippen LogP contribution in [0.15, 0.2) is 52.3 Å². The number of rotatable bonds is 5. The molecule has 0 bridgehead atoms. The number of para-hydroxylation sites is 1. The Morgan fingerprint density at radius 2 is 1.81 bits per heavy atom. The third-order valence-corrected chi connectivity index (χ3v) is 5.79. The minimum Gasteiger partial charge on any atom is -0.505 e. The Kier molecular flexibility index (Phi) is 5.95. The molecule has 5 rings (SSSR count). The van der Waals surface area contributed by atoms with E-state index in [2.05, 4.69) is 5.32 Å². The minimum absolute atomic E-state index is 0.00830. The quantitative estimate of drug-likeness (QED) is 0.320. The standard InChI is InChI=1S/C21H15F2NO4S.C2H6/c22-17-12(5-6-14(25)18(17)23)13-9-29-20(16(13)19-21(26)28-19)24-8-11-7-10-3-1-2-4-15(10)27-11;1-2/h1-7,9,19,21,24-26H,8H2;1-2H3. The molecule has 4 aromatic rings. The van der Waals surface area contributed by atoms with Crippen LogP contribution < -0.4 is 5.32 Å². The molecule has 1 saturated heterocycles. The van der Waals surface area contributed by atoms with Crippen LogP contribution in [0.25, 0.3) is 22.1 Å². The summed E-state index contributed by atoms with van der Waals surface area (Å²) in [6.45, 7) is 4.37. The fourth-order valence-electron chi connectivity index (χ4n) is 3.35. The number of halogens is 2. The fraction of sp³-hybridized carbons (Fsp3) is 0.217. The average Bonchev–Trinajstić information content (AvgIpc) is 3.17. The zero-order valence-corrected chi connectivity index (χ0v) is 17.7. The highest BCUT2D eigenvalue weighted by molar-refractivity contribution is 7.14. The Hall–Kier alpha value is -2.94. The van der Waals surface area contributed by atoms with Gasteiger partial charge in [-0.25, -0.2) is 4.39 Å². The van der Waals surface area contributed by atoms with Crippen LogP contribution in [0.5, 0.6) is 5.75 Å². The van der Waals surface area contributed by atoms with Crippen molar-refractivity contribution >= 4 is 27.3 Å². The largest absolute Gasteiger partial charge is 0.505 e. The highest BCUT2D eigenvalue weighted by Gasteiger charge is 2.43. The number of nitrogens with one attached hydrogen (secondary N) is 1. The SMILES string of the molecule is CC.Oc1ccc(-c2csc(NCc3cc4ccccc4o3)c2C2OC2O)c(F)c1F. The highest BCUT2D eigenvalue weighted by atomic mass is 32.1. The first kappa shape index (κ1) is 21.3. The lowest BCUT2D eigenvalue weighted by Gasteiger charge is -2.09. The molecule has 3 N–H and O–H groups in total. The summed E-state index contributed by atoms with van der Waals surface area (Å²) in [5.41, 5.74) is 1.72. The van der Waals surface area contributed by atoms with Gasteiger partial charge in [-0.2, -0.15) is 4.39 Å². The van der Waals surface area contributed by atoms with Gasteiger partial charge in [-0.3, -0.25) is 0 Å². The Morgan fingerprint density at radius 3 is 2.52 bits per heavy atom. The number of hydrogen-bond donors (Lipinski definition) is 3. The van der Waals surface area contributed by atoms with Gasteiger partial charge in [-0.05, 0) is 24.3 Å². The normalized spacial score (nSPS) is 17.3. The van der Waals surface area contributed by atoms with Gasteiger partial charge in [0.2, 0.25) is 5.82 Å². The number of phenols is 1. The van der Waals surface area contributed by atoms with Crippen molar-refractivity contribution in [2.75, 3.05) is 5.32 Å². The molecule has 2 aromatic heterocycles. The lowest BCUT2D eigenvalue weighted by molar-refractivity contribution is 0.156. The summed E-state index contributed by atoms with van der Waals surface area (Å²) in [4.78, 5) is 0. The number of aliphatic hydroxyl groups is 1. The summed E-state index contributed by atoms with van der Waals surface area (Å²) < 4.78 is 39.2. The van der Waals surface area contributed by atoms with Gasteiger partial charge in [-0.1, -0.05) is 32.0 Å². The molecule has 0 spiro atoms. The van der Waals surface area contributed by atoms with Crippen molar-refractivity contribution in [2.45, 2.75) is 32.8 Å². The number of ether oxygens (including phenoxy) is 1. The van der Waals surface area contributed by atoms with E-state index in [0.29, 0.717) is 28.4 Å². The van der Waals surface area contributed by atoms with Crippen LogP contribution in [0.1, 0.15) is 31.3 Å². The van der Waals surface area contributed by atoms with Crippen LogP contribution in [0, 0.1) is 11.6 Å². The predicted octanol–water partition coefficient (Wildman–Crippen LogP) is 6.17. The maximum absolute atomic E-state index is 14.4. The first-order chi connectivity index (χ1) is 15.0. The molecule has 2 aromatic carbocycles. The van der Waals surface area contributed by atoms with Crippen molar-refractivity contribution < 1.29 is 28.1 Å². The number of phenolic OH excluding ortho intramolecular Hbond substituents is 1. The van der Waals surface area contributed by atoms with Crippen molar-refractivity contribution in [3.8, 4) is 16.9 Å². The van der Waals surface area contributed by atoms with Crippen LogP contribution in [0.3, 0.4) is 0 Å². The fourth-order valence-corrected chi connectivity index (χ4v) is 4.35. The predicted molar refractivity (Wildman–Crippen MR) is 116 cm³/mol. The first-order valence-corrected chi connectivity index (χ1v) is 10.7. The second-order valence-electron chi connectivity index (χ2n) is 6.70. The van der Waals surface area contributed by atoms with Crippen molar-refractivity contribution in [1.82, 2.24) is 0 Å². The van der Waals surface area contributed by atoms with Crippen molar-refractivity contribution in [2.24, 2.45) is 0 Å². The van der Waals surface area contributed by atoms with Crippen LogP contribution in [0.4, 0.5) is 13.8 Å². The molecule has 2 unspecified atom stereocenters. The molecule has 0 amide bonds. The average molecular weight is 445 g/mol. The Balaban J connectivity index is 0.00000112. The van der Waals surface area contributed by atoms with Crippen molar-refractivity contribution in [1.29, 1.82) is 0 Å². The molecule has 0 aliphatic carbocycles. The molecule has 3 heterocycles. The smallest absolute Gasteiger partial charge is 0.200 e. The number of thiophene rings is 1. The first-order valence-electron chi connectivity index (χ1n) is 9.86. The topological polar surface area (TPSA) is 78.2 Å². The molecule has 0 saturated carbocycles. The van der Waals surface area contributed by atoms with Gasteiger partial charge in [0.1, 0.15) is 17.4 Å². The van der Waals surface area contributed by atoms with E-state index in [1.54, 1.807) is 5.38 Å². The Bertz CT molecular complexity index is 1190. The zero-order chi connectivity index (χ0) is 22.1. The third-order valence-electron chi connectivity index (χ3n) is 4.83. The molecule has 8 heteroatoms. The number of aliphatic hydroxyl groups excluding tert-OH is 1. The summed E-state index contributed by atoms with van der Waals surface area (Å²) in [6.07, 6.45) is -1.63. The molecular weight excluding hydrogens is 424 g/mol. The van der Waals surface area contributed by atoms with Gasteiger partial charge in [0.15, 0.2) is 17.9 Å². The van der Waals surface area contributed by atoms with Crippen LogP contribution in [0.2, 0.25) is 0 Å². The molecule has 5 nitrogen and oxygen atoms in total. The molecule has 1 aliphatic heterocycles. The van der Waals surface area contributed by atoms with Gasteiger partial charge >= 0.3 is 0 Å².